The van der Waals surface area contributed by atoms with E-state index >= 15 is 0 Å². The second kappa shape index (κ2) is 7.54. The van der Waals surface area contributed by atoms with Crippen LogP contribution in [0.25, 0.3) is 0 Å². The molecule has 0 saturated carbocycles. The number of benzene rings is 1. The maximum absolute atomic E-state index is 12.8. The molecule has 1 aromatic carbocycles. The number of carbonyl (C=O) groups is 2. The van der Waals surface area contributed by atoms with Crippen molar-refractivity contribution in [3.8, 4) is 0 Å². The second-order valence-electron chi connectivity index (χ2n) is 8.03. The Morgan fingerprint density at radius 2 is 1.79 bits per heavy atom. The summed E-state index contributed by atoms with van der Waals surface area (Å²) in [5.41, 5.74) is 14.0. The van der Waals surface area contributed by atoms with Gasteiger partial charge in [0.25, 0.3) is 5.91 Å². The van der Waals surface area contributed by atoms with Crippen LogP contribution in [-0.4, -0.2) is 23.4 Å². The van der Waals surface area contributed by atoms with Crippen LogP contribution in [0.1, 0.15) is 65.0 Å². The summed E-state index contributed by atoms with van der Waals surface area (Å²) in [5.74, 6) is 0.385. The highest BCUT2D eigenvalue weighted by molar-refractivity contribution is 6.09. The molecule has 2 aromatic rings. The molecule has 1 aliphatic carbocycles. The molecule has 1 amide bonds. The molecule has 0 aliphatic heterocycles. The van der Waals surface area contributed by atoms with Gasteiger partial charge in [-0.3, -0.25) is 9.59 Å². The van der Waals surface area contributed by atoms with E-state index in [1.54, 1.807) is 24.3 Å². The minimum atomic E-state index is -0.369. The number of nitrogens with one attached hydrogen (secondary N) is 1. The minimum absolute atomic E-state index is 0.0346. The summed E-state index contributed by atoms with van der Waals surface area (Å²) >= 11 is 0. The summed E-state index contributed by atoms with van der Waals surface area (Å²) in [6, 6.07) is 6.70. The number of carbonyl (C=O) groups excluding carboxylic acids is 2. The van der Waals surface area contributed by atoms with Gasteiger partial charge in [-0.25, -0.2) is 0 Å². The van der Waals surface area contributed by atoms with E-state index in [0.717, 1.165) is 5.56 Å². The van der Waals surface area contributed by atoms with E-state index < -0.39 is 0 Å². The number of furan rings is 1. The molecule has 29 heavy (non-hydrogen) atoms. The van der Waals surface area contributed by atoms with Gasteiger partial charge in [0.05, 0.1) is 5.71 Å². The highest BCUT2D eigenvalue weighted by atomic mass is 16.4. The number of guanidine groups is 1. The Kier molecular flexibility index (Phi) is 5.28. The van der Waals surface area contributed by atoms with Crippen molar-refractivity contribution in [1.29, 1.82) is 0 Å². The van der Waals surface area contributed by atoms with Crippen LogP contribution in [0.15, 0.2) is 38.9 Å². The van der Waals surface area contributed by atoms with Crippen molar-refractivity contribution in [2.24, 2.45) is 27.1 Å². The van der Waals surface area contributed by atoms with Crippen molar-refractivity contribution >= 4 is 29.0 Å². The van der Waals surface area contributed by atoms with Crippen molar-refractivity contribution in [2.75, 3.05) is 5.32 Å². The van der Waals surface area contributed by atoms with Crippen molar-refractivity contribution in [2.45, 2.75) is 40.5 Å². The average molecular weight is 395 g/mol. The lowest BCUT2D eigenvalue weighted by molar-refractivity contribution is 0.0991. The number of ketones is 1. The molecule has 0 bridgehead atoms. The normalized spacial score (nSPS) is 16.2. The summed E-state index contributed by atoms with van der Waals surface area (Å²) < 4.78 is 5.95. The van der Waals surface area contributed by atoms with Crippen LogP contribution < -0.4 is 16.8 Å². The molecule has 0 fully saturated rings. The molecule has 1 heterocycles. The number of rotatable bonds is 4. The number of anilines is 1. The van der Waals surface area contributed by atoms with E-state index in [0.29, 0.717) is 41.1 Å². The monoisotopic (exact) mass is 395 g/mol. The third-order valence-corrected chi connectivity index (χ3v) is 4.84. The summed E-state index contributed by atoms with van der Waals surface area (Å²) in [4.78, 5) is 24.2. The minimum Gasteiger partial charge on any atom is -0.455 e. The van der Waals surface area contributed by atoms with E-state index in [2.05, 4.69) is 29.4 Å². The van der Waals surface area contributed by atoms with E-state index in [1.165, 1.54) is 6.92 Å². The lowest BCUT2D eigenvalue weighted by Crippen LogP contribution is -2.27. The zero-order valence-corrected chi connectivity index (χ0v) is 17.0. The van der Waals surface area contributed by atoms with Gasteiger partial charge in [0.2, 0.25) is 5.96 Å². The van der Waals surface area contributed by atoms with Crippen LogP contribution in [0.2, 0.25) is 0 Å². The van der Waals surface area contributed by atoms with Crippen LogP contribution in [-0.2, 0) is 6.42 Å². The first-order valence-corrected chi connectivity index (χ1v) is 9.28. The van der Waals surface area contributed by atoms with Crippen molar-refractivity contribution in [3.05, 3.63) is 52.5 Å². The van der Waals surface area contributed by atoms with E-state index in [4.69, 9.17) is 15.9 Å². The van der Waals surface area contributed by atoms with Crippen molar-refractivity contribution in [1.82, 2.24) is 0 Å². The highest BCUT2D eigenvalue weighted by Crippen LogP contribution is 2.39. The molecule has 0 unspecified atom stereocenters. The fraction of sp³-hybridized carbons (Fsp3) is 0.333. The molecule has 5 N–H and O–H groups in total. The third-order valence-electron chi connectivity index (χ3n) is 4.84. The first-order valence-electron chi connectivity index (χ1n) is 9.28. The maximum Gasteiger partial charge on any atom is 0.291 e. The molecule has 152 valence electrons. The van der Waals surface area contributed by atoms with Gasteiger partial charge in [-0.05, 0) is 49.9 Å². The fourth-order valence-corrected chi connectivity index (χ4v) is 3.51. The number of hydrogen-bond acceptors (Lipinski definition) is 5. The van der Waals surface area contributed by atoms with Gasteiger partial charge in [0.1, 0.15) is 5.76 Å². The van der Waals surface area contributed by atoms with Gasteiger partial charge in [0.15, 0.2) is 11.5 Å². The van der Waals surface area contributed by atoms with Gasteiger partial charge >= 0.3 is 0 Å². The molecule has 8 heteroatoms. The van der Waals surface area contributed by atoms with Crippen LogP contribution in [0.3, 0.4) is 0 Å². The molecule has 3 rings (SSSR count). The lowest BCUT2D eigenvalue weighted by atomic mass is 9.75. The molecule has 0 spiro atoms. The lowest BCUT2D eigenvalue weighted by Gasteiger charge is -2.29. The topological polar surface area (TPSA) is 136 Å². The van der Waals surface area contributed by atoms with Gasteiger partial charge < -0.3 is 21.2 Å². The summed E-state index contributed by atoms with van der Waals surface area (Å²) in [6.07, 6.45) is 1.33. The fourth-order valence-electron chi connectivity index (χ4n) is 3.51. The van der Waals surface area contributed by atoms with Crippen molar-refractivity contribution < 1.29 is 14.0 Å². The van der Waals surface area contributed by atoms with E-state index in [1.807, 2.05) is 6.92 Å². The summed E-state index contributed by atoms with van der Waals surface area (Å²) in [6.45, 7) is 7.50. The molecule has 1 aliphatic rings. The predicted octanol–water partition coefficient (Wildman–Crippen LogP) is 2.99. The SMILES string of the molecule is CC(=O)c1ccc(NC(=O)c2oc3c(c2C)/C(=N\N=C(N)N)CC(C)(C)C3)cc1. The van der Waals surface area contributed by atoms with Crippen molar-refractivity contribution in [3.63, 3.8) is 0 Å². The van der Waals surface area contributed by atoms with Crippen LogP contribution in [0.5, 0.6) is 0 Å². The first kappa shape index (κ1) is 20.3. The maximum atomic E-state index is 12.8. The molecule has 0 radical (unpaired) electrons. The van der Waals surface area contributed by atoms with Gasteiger partial charge in [-0.2, -0.15) is 5.10 Å². The molecular formula is C21H25N5O3. The standard InChI is InChI=1S/C21H25N5O3/c1-11-17-15(25-26-20(22)23)9-21(3,4)10-16(17)29-18(11)19(28)24-14-7-5-13(6-8-14)12(2)27/h5-8H,9-10H2,1-4H3,(H,24,28)(H4,22,23,26)/b25-15-. The highest BCUT2D eigenvalue weighted by Gasteiger charge is 2.36. The molecule has 0 atom stereocenters. The smallest absolute Gasteiger partial charge is 0.291 e. The average Bonchev–Trinajstić information content (AvgIpc) is 2.95. The van der Waals surface area contributed by atoms with Crippen LogP contribution >= 0.6 is 0 Å². The van der Waals surface area contributed by atoms with E-state index in [9.17, 15) is 9.59 Å². The zero-order chi connectivity index (χ0) is 21.3. The predicted molar refractivity (Wildman–Crippen MR) is 112 cm³/mol. The Hall–Kier alpha value is -3.42. The Morgan fingerprint density at radius 1 is 1.14 bits per heavy atom. The quantitative estimate of drug-likeness (QED) is 0.316. The Labute approximate surface area is 169 Å². The largest absolute Gasteiger partial charge is 0.455 e. The van der Waals surface area contributed by atoms with Gasteiger partial charge in [-0.15, -0.1) is 5.10 Å². The number of amides is 1. The van der Waals surface area contributed by atoms with Gasteiger partial charge in [0, 0.05) is 28.8 Å². The first-order chi connectivity index (χ1) is 13.6. The molecular weight excluding hydrogens is 370 g/mol. The summed E-state index contributed by atoms with van der Waals surface area (Å²) in [5, 5.41) is 10.8. The number of hydrogen-bond donors (Lipinski definition) is 3. The number of nitrogens with zero attached hydrogens (tertiary/aromatic N) is 2. The van der Waals surface area contributed by atoms with E-state index in [-0.39, 0.29) is 28.8 Å². The number of nitrogens with two attached hydrogens (primary N) is 2. The van der Waals surface area contributed by atoms with Crippen LogP contribution in [0, 0.1) is 12.3 Å². The molecule has 8 nitrogen and oxygen atoms in total. The zero-order valence-electron chi connectivity index (χ0n) is 17.0. The number of fused-ring (bicyclic) bond motifs is 1. The third kappa shape index (κ3) is 4.37. The van der Waals surface area contributed by atoms with Crippen LogP contribution in [0.4, 0.5) is 5.69 Å². The Balaban J connectivity index is 1.94. The Bertz CT molecular complexity index is 1030. The van der Waals surface area contributed by atoms with Gasteiger partial charge in [-0.1, -0.05) is 13.8 Å². The second-order valence-corrected chi connectivity index (χ2v) is 8.03. The Morgan fingerprint density at radius 3 is 2.38 bits per heavy atom. The molecule has 1 aromatic heterocycles. The summed E-state index contributed by atoms with van der Waals surface area (Å²) in [7, 11) is 0. The molecule has 0 saturated heterocycles. The number of Topliss-reactive ketones (excluding diaryl/α,β-unsaturated/α-hetero) is 1.